The van der Waals surface area contributed by atoms with Gasteiger partial charge in [-0.15, -0.1) is 6.58 Å². The highest BCUT2D eigenvalue weighted by Gasteiger charge is 2.43. The fourth-order valence-electron chi connectivity index (χ4n) is 4.60. The zero-order valence-corrected chi connectivity index (χ0v) is 13.3. The molecule has 0 aromatic carbocycles. The first-order valence-corrected chi connectivity index (χ1v) is 8.55. The number of fused-ring (bicyclic) bond motifs is 2. The minimum atomic E-state index is -0.0212. The van der Waals surface area contributed by atoms with Gasteiger partial charge in [0.1, 0.15) is 0 Å². The molecule has 1 heterocycles. The third-order valence-electron chi connectivity index (χ3n) is 5.87. The highest BCUT2D eigenvalue weighted by molar-refractivity contribution is 5.81. The molecule has 4 heteroatoms. The van der Waals surface area contributed by atoms with E-state index in [4.69, 9.17) is 0 Å². The molecule has 0 aromatic heterocycles. The number of hydrogen-bond donors (Lipinski definition) is 1. The number of piperazine rings is 1. The minimum Gasteiger partial charge on any atom is -0.351 e. The van der Waals surface area contributed by atoms with Crippen LogP contribution in [0.1, 0.15) is 32.6 Å². The van der Waals surface area contributed by atoms with E-state index in [2.05, 4.69) is 21.7 Å². The summed E-state index contributed by atoms with van der Waals surface area (Å²) in [5, 5.41) is 2.91. The average molecular weight is 291 g/mol. The molecule has 1 saturated heterocycles. The second-order valence-electron chi connectivity index (χ2n) is 7.02. The zero-order chi connectivity index (χ0) is 14.8. The van der Waals surface area contributed by atoms with Crippen LogP contribution in [0.4, 0.5) is 0 Å². The van der Waals surface area contributed by atoms with Crippen molar-refractivity contribution < 1.29 is 4.79 Å². The second-order valence-corrected chi connectivity index (χ2v) is 7.02. The Morgan fingerprint density at radius 2 is 2.05 bits per heavy atom. The van der Waals surface area contributed by atoms with Crippen molar-refractivity contribution in [2.45, 2.75) is 44.7 Å². The van der Waals surface area contributed by atoms with Gasteiger partial charge in [0.25, 0.3) is 0 Å². The van der Waals surface area contributed by atoms with Gasteiger partial charge in [-0.1, -0.05) is 12.5 Å². The van der Waals surface area contributed by atoms with Crippen molar-refractivity contribution in [3.63, 3.8) is 0 Å². The molecule has 1 aliphatic heterocycles. The number of hydrogen-bond acceptors (Lipinski definition) is 3. The molecule has 2 bridgehead atoms. The molecule has 1 N–H and O–H groups in total. The Labute approximate surface area is 128 Å². The SMILES string of the molecule is C=CCNC(=O)[C@H](C)N1CCN([C@@H]2C[C@H]3CC[C@H]2C3)CC1. The monoisotopic (exact) mass is 291 g/mol. The molecule has 21 heavy (non-hydrogen) atoms. The second kappa shape index (κ2) is 6.49. The molecule has 4 atom stereocenters. The molecule has 4 nitrogen and oxygen atoms in total. The minimum absolute atomic E-state index is 0.0212. The molecular formula is C17H29N3O. The molecule has 3 rings (SSSR count). The summed E-state index contributed by atoms with van der Waals surface area (Å²) in [6.07, 6.45) is 7.57. The Morgan fingerprint density at radius 1 is 1.29 bits per heavy atom. The van der Waals surface area contributed by atoms with E-state index in [0.29, 0.717) is 6.54 Å². The lowest BCUT2D eigenvalue weighted by molar-refractivity contribution is -0.126. The van der Waals surface area contributed by atoms with Gasteiger partial charge >= 0.3 is 0 Å². The maximum atomic E-state index is 12.0. The third-order valence-corrected chi connectivity index (χ3v) is 5.87. The van der Waals surface area contributed by atoms with Crippen LogP contribution < -0.4 is 5.32 Å². The van der Waals surface area contributed by atoms with Crippen molar-refractivity contribution in [2.75, 3.05) is 32.7 Å². The lowest BCUT2D eigenvalue weighted by atomic mass is 9.93. The number of rotatable bonds is 5. The molecule has 3 aliphatic rings. The van der Waals surface area contributed by atoms with Crippen molar-refractivity contribution in [3.8, 4) is 0 Å². The topological polar surface area (TPSA) is 35.6 Å². The van der Waals surface area contributed by atoms with E-state index >= 15 is 0 Å². The molecule has 2 saturated carbocycles. The number of nitrogens with one attached hydrogen (secondary N) is 1. The number of amides is 1. The molecule has 118 valence electrons. The van der Waals surface area contributed by atoms with E-state index in [1.165, 1.54) is 25.7 Å². The van der Waals surface area contributed by atoms with Gasteiger partial charge in [-0.25, -0.2) is 0 Å². The zero-order valence-electron chi connectivity index (χ0n) is 13.3. The molecular weight excluding hydrogens is 262 g/mol. The standard InChI is InChI=1S/C17H29N3O/c1-3-6-18-17(21)13(2)19-7-9-20(10-8-19)16-12-14-4-5-15(16)11-14/h3,13-16H,1,4-12H2,2H3,(H,18,21)/t13-,14-,15-,16+/m0/s1. The summed E-state index contributed by atoms with van der Waals surface area (Å²) in [4.78, 5) is 17.1. The highest BCUT2D eigenvalue weighted by Crippen LogP contribution is 2.46. The van der Waals surface area contributed by atoms with E-state index in [9.17, 15) is 4.79 Å². The van der Waals surface area contributed by atoms with Gasteiger partial charge in [0.15, 0.2) is 0 Å². The fourth-order valence-corrected chi connectivity index (χ4v) is 4.60. The Bertz CT molecular complexity index is 389. The summed E-state index contributed by atoms with van der Waals surface area (Å²) in [7, 11) is 0. The van der Waals surface area contributed by atoms with Crippen molar-refractivity contribution >= 4 is 5.91 Å². The Kier molecular flexibility index (Phi) is 4.65. The smallest absolute Gasteiger partial charge is 0.237 e. The maximum Gasteiger partial charge on any atom is 0.237 e. The van der Waals surface area contributed by atoms with Crippen molar-refractivity contribution in [1.82, 2.24) is 15.1 Å². The highest BCUT2D eigenvalue weighted by atomic mass is 16.2. The quantitative estimate of drug-likeness (QED) is 0.780. The summed E-state index contributed by atoms with van der Waals surface area (Å²) in [6.45, 7) is 10.5. The van der Waals surface area contributed by atoms with Crippen LogP contribution >= 0.6 is 0 Å². The largest absolute Gasteiger partial charge is 0.351 e. The van der Waals surface area contributed by atoms with Crippen LogP contribution in [-0.2, 0) is 4.79 Å². The summed E-state index contributed by atoms with van der Waals surface area (Å²) >= 11 is 0. The lowest BCUT2D eigenvalue weighted by Gasteiger charge is -2.42. The molecule has 0 spiro atoms. The first-order valence-electron chi connectivity index (χ1n) is 8.55. The predicted molar refractivity (Wildman–Crippen MR) is 85.1 cm³/mol. The van der Waals surface area contributed by atoms with Crippen LogP contribution in [0.2, 0.25) is 0 Å². The summed E-state index contributed by atoms with van der Waals surface area (Å²) < 4.78 is 0. The molecule has 0 aromatic rings. The first-order chi connectivity index (χ1) is 10.2. The Hall–Kier alpha value is -0.870. The van der Waals surface area contributed by atoms with E-state index < -0.39 is 0 Å². The van der Waals surface area contributed by atoms with Crippen LogP contribution in [-0.4, -0.2) is 60.5 Å². The summed E-state index contributed by atoms with van der Waals surface area (Å²) in [5.74, 6) is 2.11. The maximum absolute atomic E-state index is 12.0. The van der Waals surface area contributed by atoms with Crippen molar-refractivity contribution in [3.05, 3.63) is 12.7 Å². The average Bonchev–Trinajstić information content (AvgIpc) is 3.15. The normalized spacial score (nSPS) is 34.8. The lowest BCUT2D eigenvalue weighted by Crippen LogP contribution is -2.56. The molecule has 1 amide bonds. The van der Waals surface area contributed by atoms with Crippen molar-refractivity contribution in [1.29, 1.82) is 0 Å². The number of carbonyl (C=O) groups is 1. The van der Waals surface area contributed by atoms with Crippen LogP contribution in [0.15, 0.2) is 12.7 Å². The van der Waals surface area contributed by atoms with E-state index in [0.717, 1.165) is 44.1 Å². The van der Waals surface area contributed by atoms with Gasteiger partial charge in [0.2, 0.25) is 5.91 Å². The van der Waals surface area contributed by atoms with Crippen LogP contribution in [0.25, 0.3) is 0 Å². The molecule has 3 fully saturated rings. The van der Waals surface area contributed by atoms with Gasteiger partial charge in [-0.05, 0) is 38.0 Å². The van der Waals surface area contributed by atoms with E-state index in [-0.39, 0.29) is 11.9 Å². The molecule has 0 radical (unpaired) electrons. The van der Waals surface area contributed by atoms with Crippen molar-refractivity contribution in [2.24, 2.45) is 11.8 Å². The number of carbonyl (C=O) groups excluding carboxylic acids is 1. The predicted octanol–water partition coefficient (Wildman–Crippen LogP) is 1.48. The summed E-state index contributed by atoms with van der Waals surface area (Å²) in [6, 6.07) is 0.822. The van der Waals surface area contributed by atoms with Gasteiger partial charge < -0.3 is 5.32 Å². The molecule has 2 aliphatic carbocycles. The number of nitrogens with zero attached hydrogens (tertiary/aromatic N) is 2. The molecule has 0 unspecified atom stereocenters. The van der Waals surface area contributed by atoms with Gasteiger partial charge in [-0.2, -0.15) is 0 Å². The third kappa shape index (κ3) is 3.16. The van der Waals surface area contributed by atoms with Gasteiger partial charge in [0, 0.05) is 38.8 Å². The van der Waals surface area contributed by atoms with Crippen LogP contribution in [0, 0.1) is 11.8 Å². The van der Waals surface area contributed by atoms with E-state index in [1.807, 2.05) is 6.92 Å². The van der Waals surface area contributed by atoms with Gasteiger partial charge in [-0.3, -0.25) is 14.6 Å². The first kappa shape index (κ1) is 15.0. The fraction of sp³-hybridized carbons (Fsp3) is 0.824. The van der Waals surface area contributed by atoms with Crippen LogP contribution in [0.5, 0.6) is 0 Å². The summed E-state index contributed by atoms with van der Waals surface area (Å²) in [5.41, 5.74) is 0. The van der Waals surface area contributed by atoms with E-state index in [1.54, 1.807) is 6.08 Å². The van der Waals surface area contributed by atoms with Crippen LogP contribution in [0.3, 0.4) is 0 Å². The Morgan fingerprint density at radius 3 is 2.62 bits per heavy atom. The van der Waals surface area contributed by atoms with Gasteiger partial charge in [0.05, 0.1) is 6.04 Å². The Balaban J connectivity index is 1.46.